The molecule has 4 nitrogen and oxygen atoms in total. The van der Waals surface area contributed by atoms with Gasteiger partial charge in [-0.25, -0.2) is 14.4 Å². The molecule has 0 aliphatic carbocycles. The van der Waals surface area contributed by atoms with E-state index < -0.39 is 0 Å². The molecule has 2 rings (SSSR count). The van der Waals surface area contributed by atoms with E-state index in [0.29, 0.717) is 12.4 Å². The summed E-state index contributed by atoms with van der Waals surface area (Å²) in [4.78, 5) is 8.66. The van der Waals surface area contributed by atoms with Gasteiger partial charge < -0.3 is 10.6 Å². The quantitative estimate of drug-likeness (QED) is 0.848. The minimum Gasteiger partial charge on any atom is -0.370 e. The van der Waals surface area contributed by atoms with Gasteiger partial charge in [-0.05, 0) is 31.0 Å². The molecule has 0 fully saturated rings. The van der Waals surface area contributed by atoms with Gasteiger partial charge in [0.05, 0.1) is 0 Å². The van der Waals surface area contributed by atoms with Crippen LogP contribution in [0, 0.1) is 12.7 Å². The fourth-order valence-electron chi connectivity index (χ4n) is 1.80. The van der Waals surface area contributed by atoms with Crippen molar-refractivity contribution in [1.29, 1.82) is 0 Å². The van der Waals surface area contributed by atoms with Gasteiger partial charge in [-0.3, -0.25) is 0 Å². The minimum atomic E-state index is -0.224. The van der Waals surface area contributed by atoms with Crippen molar-refractivity contribution in [2.45, 2.75) is 26.8 Å². The molecule has 5 heteroatoms. The lowest BCUT2D eigenvalue weighted by atomic mass is 10.2. The maximum Gasteiger partial charge on any atom is 0.132 e. The van der Waals surface area contributed by atoms with Crippen molar-refractivity contribution in [3.8, 4) is 0 Å². The Hall–Kier alpha value is -2.17. The lowest BCUT2D eigenvalue weighted by Gasteiger charge is -2.09. The Balaban J connectivity index is 2.01. The fraction of sp³-hybridized carbons (Fsp3) is 0.333. The Labute approximate surface area is 118 Å². The lowest BCUT2D eigenvalue weighted by molar-refractivity contribution is 0.627. The Kier molecular flexibility index (Phi) is 4.87. The van der Waals surface area contributed by atoms with Crippen LogP contribution in [0.2, 0.25) is 0 Å². The molecule has 2 N–H and O–H groups in total. The predicted octanol–water partition coefficient (Wildman–Crippen LogP) is 3.36. The first-order valence-electron chi connectivity index (χ1n) is 6.75. The number of rotatable bonds is 6. The van der Waals surface area contributed by atoms with Crippen LogP contribution in [0.1, 0.15) is 24.7 Å². The molecule has 1 aromatic carbocycles. The third kappa shape index (κ3) is 4.19. The molecular weight excluding hydrogens is 255 g/mol. The van der Waals surface area contributed by atoms with Crippen LogP contribution in [-0.2, 0) is 6.54 Å². The summed E-state index contributed by atoms with van der Waals surface area (Å²) >= 11 is 0. The number of aryl methyl sites for hydroxylation is 1. The lowest BCUT2D eigenvalue weighted by Crippen LogP contribution is -2.07. The molecule has 0 saturated carbocycles. The summed E-state index contributed by atoms with van der Waals surface area (Å²) in [6, 6.07) is 8.30. The molecular formula is C15H19FN4. The Morgan fingerprint density at radius 2 is 1.70 bits per heavy atom. The van der Waals surface area contributed by atoms with Crippen molar-refractivity contribution in [3.05, 3.63) is 47.5 Å². The van der Waals surface area contributed by atoms with Gasteiger partial charge in [0.25, 0.3) is 0 Å². The number of halogens is 1. The number of nitrogens with one attached hydrogen (secondary N) is 2. The highest BCUT2D eigenvalue weighted by molar-refractivity contribution is 5.47. The first kappa shape index (κ1) is 14.2. The van der Waals surface area contributed by atoms with Gasteiger partial charge >= 0.3 is 0 Å². The molecule has 0 saturated heterocycles. The minimum absolute atomic E-state index is 0.224. The average Bonchev–Trinajstić information content (AvgIpc) is 2.44. The van der Waals surface area contributed by atoms with Crippen LogP contribution in [0.25, 0.3) is 0 Å². The third-order valence-electron chi connectivity index (χ3n) is 2.78. The second-order valence-electron chi connectivity index (χ2n) is 4.59. The molecule has 0 aliphatic rings. The summed E-state index contributed by atoms with van der Waals surface area (Å²) in [5.41, 5.74) is 1.01. The van der Waals surface area contributed by atoms with Crippen molar-refractivity contribution in [2.75, 3.05) is 17.2 Å². The first-order valence-corrected chi connectivity index (χ1v) is 6.75. The molecule has 1 heterocycles. The van der Waals surface area contributed by atoms with Crippen molar-refractivity contribution in [1.82, 2.24) is 9.97 Å². The van der Waals surface area contributed by atoms with E-state index in [1.165, 1.54) is 12.1 Å². The van der Waals surface area contributed by atoms with Gasteiger partial charge in [-0.15, -0.1) is 0 Å². The van der Waals surface area contributed by atoms with E-state index in [4.69, 9.17) is 0 Å². The van der Waals surface area contributed by atoms with E-state index in [9.17, 15) is 4.39 Å². The maximum absolute atomic E-state index is 12.8. The molecule has 2 aromatic rings. The number of nitrogens with zero attached hydrogens (tertiary/aromatic N) is 2. The second-order valence-corrected chi connectivity index (χ2v) is 4.59. The van der Waals surface area contributed by atoms with Crippen molar-refractivity contribution < 1.29 is 4.39 Å². The highest BCUT2D eigenvalue weighted by Crippen LogP contribution is 2.12. The number of hydrogen-bond donors (Lipinski definition) is 2. The van der Waals surface area contributed by atoms with Crippen LogP contribution in [0.15, 0.2) is 30.3 Å². The zero-order valence-electron chi connectivity index (χ0n) is 11.8. The van der Waals surface area contributed by atoms with E-state index >= 15 is 0 Å². The second kappa shape index (κ2) is 6.84. The van der Waals surface area contributed by atoms with Crippen molar-refractivity contribution in [3.63, 3.8) is 0 Å². The molecule has 1 aromatic heterocycles. The molecule has 0 spiro atoms. The van der Waals surface area contributed by atoms with Crippen molar-refractivity contribution >= 4 is 11.6 Å². The fourth-order valence-corrected chi connectivity index (χ4v) is 1.80. The molecule has 0 atom stereocenters. The molecule has 0 amide bonds. The van der Waals surface area contributed by atoms with E-state index in [-0.39, 0.29) is 5.82 Å². The molecule has 106 valence electrons. The van der Waals surface area contributed by atoms with Crippen LogP contribution in [0.4, 0.5) is 16.0 Å². The van der Waals surface area contributed by atoms with Gasteiger partial charge in [0.1, 0.15) is 23.3 Å². The zero-order valence-corrected chi connectivity index (χ0v) is 11.8. The summed E-state index contributed by atoms with van der Waals surface area (Å²) in [5.74, 6) is 2.08. The Morgan fingerprint density at radius 1 is 1.05 bits per heavy atom. The van der Waals surface area contributed by atoms with E-state index in [0.717, 1.165) is 30.2 Å². The highest BCUT2D eigenvalue weighted by Gasteiger charge is 2.01. The monoisotopic (exact) mass is 274 g/mol. The van der Waals surface area contributed by atoms with E-state index in [1.807, 2.05) is 13.0 Å². The van der Waals surface area contributed by atoms with Crippen LogP contribution >= 0.6 is 0 Å². The third-order valence-corrected chi connectivity index (χ3v) is 2.78. The molecule has 0 bridgehead atoms. The number of hydrogen-bond acceptors (Lipinski definition) is 4. The molecule has 0 unspecified atom stereocenters. The largest absolute Gasteiger partial charge is 0.370 e. The SMILES string of the molecule is CCCNc1cc(NCc2ccc(F)cc2)nc(C)n1. The maximum atomic E-state index is 12.8. The van der Waals surface area contributed by atoms with Gasteiger partial charge in [0, 0.05) is 19.2 Å². The highest BCUT2D eigenvalue weighted by atomic mass is 19.1. The van der Waals surface area contributed by atoms with Crippen LogP contribution in [-0.4, -0.2) is 16.5 Å². The first-order chi connectivity index (χ1) is 9.67. The molecule has 0 radical (unpaired) electrons. The summed E-state index contributed by atoms with van der Waals surface area (Å²) in [6.07, 6.45) is 1.04. The van der Waals surface area contributed by atoms with Gasteiger partial charge in [0.2, 0.25) is 0 Å². The number of aromatic nitrogens is 2. The standard InChI is InChI=1S/C15H19FN4/c1-3-8-17-14-9-15(20-11(2)19-14)18-10-12-4-6-13(16)7-5-12/h4-7,9H,3,8,10H2,1-2H3,(H2,17,18,19,20). The van der Waals surface area contributed by atoms with E-state index in [2.05, 4.69) is 27.5 Å². The predicted molar refractivity (Wildman–Crippen MR) is 79.3 cm³/mol. The van der Waals surface area contributed by atoms with Crippen LogP contribution < -0.4 is 10.6 Å². The summed E-state index contributed by atoms with van der Waals surface area (Å²) < 4.78 is 12.8. The summed E-state index contributed by atoms with van der Waals surface area (Å²) in [6.45, 7) is 5.45. The number of benzene rings is 1. The number of anilines is 2. The van der Waals surface area contributed by atoms with Crippen molar-refractivity contribution in [2.24, 2.45) is 0 Å². The molecule has 20 heavy (non-hydrogen) atoms. The Morgan fingerprint density at radius 3 is 2.35 bits per heavy atom. The topological polar surface area (TPSA) is 49.8 Å². The van der Waals surface area contributed by atoms with Gasteiger partial charge in [-0.1, -0.05) is 19.1 Å². The smallest absolute Gasteiger partial charge is 0.132 e. The average molecular weight is 274 g/mol. The van der Waals surface area contributed by atoms with E-state index in [1.54, 1.807) is 12.1 Å². The van der Waals surface area contributed by atoms with Gasteiger partial charge in [0.15, 0.2) is 0 Å². The summed E-state index contributed by atoms with van der Waals surface area (Å²) in [5, 5.41) is 6.46. The van der Waals surface area contributed by atoms with Gasteiger partial charge in [-0.2, -0.15) is 0 Å². The molecule has 0 aliphatic heterocycles. The normalized spacial score (nSPS) is 10.3. The van der Waals surface area contributed by atoms with Crippen LogP contribution in [0.5, 0.6) is 0 Å². The van der Waals surface area contributed by atoms with Crippen LogP contribution in [0.3, 0.4) is 0 Å². The zero-order chi connectivity index (χ0) is 14.4. The summed E-state index contributed by atoms with van der Waals surface area (Å²) in [7, 11) is 0. The Bertz CT molecular complexity index is 554.